The van der Waals surface area contributed by atoms with E-state index >= 15 is 0 Å². The van der Waals surface area contributed by atoms with Gasteiger partial charge in [-0.2, -0.15) is 0 Å². The summed E-state index contributed by atoms with van der Waals surface area (Å²) in [5.74, 6) is 1.24. The van der Waals surface area contributed by atoms with Crippen molar-refractivity contribution in [1.29, 1.82) is 0 Å². The molecule has 1 fully saturated rings. The van der Waals surface area contributed by atoms with Gasteiger partial charge in [-0.05, 0) is 37.8 Å². The molecule has 20 heavy (non-hydrogen) atoms. The molecule has 1 aromatic rings. The van der Waals surface area contributed by atoms with E-state index in [0.29, 0.717) is 6.61 Å². The highest BCUT2D eigenvalue weighted by molar-refractivity contribution is 5.78. The van der Waals surface area contributed by atoms with E-state index in [4.69, 9.17) is 10.5 Å². The van der Waals surface area contributed by atoms with Crippen molar-refractivity contribution in [2.75, 3.05) is 20.2 Å². The lowest BCUT2D eigenvalue weighted by atomic mass is 10.1. The zero-order chi connectivity index (χ0) is 14.4. The van der Waals surface area contributed by atoms with E-state index in [9.17, 15) is 4.79 Å². The monoisotopic (exact) mass is 276 g/mol. The molecule has 0 saturated heterocycles. The summed E-state index contributed by atoms with van der Waals surface area (Å²) in [5.41, 5.74) is 5.86. The molecule has 1 saturated carbocycles. The van der Waals surface area contributed by atoms with E-state index in [1.165, 1.54) is 0 Å². The third-order valence-corrected chi connectivity index (χ3v) is 3.85. The van der Waals surface area contributed by atoms with Gasteiger partial charge in [0.15, 0.2) is 0 Å². The molecule has 0 radical (unpaired) electrons. The zero-order valence-electron chi connectivity index (χ0n) is 12.1. The van der Waals surface area contributed by atoms with Crippen LogP contribution in [0, 0.1) is 5.92 Å². The molecule has 0 spiro atoms. The minimum Gasteiger partial charge on any atom is -0.494 e. The summed E-state index contributed by atoms with van der Waals surface area (Å²) in [6, 6.07) is 9.96. The van der Waals surface area contributed by atoms with Gasteiger partial charge in [-0.1, -0.05) is 18.2 Å². The Kier molecular flexibility index (Phi) is 5.41. The van der Waals surface area contributed by atoms with Crippen LogP contribution in [0.5, 0.6) is 5.75 Å². The van der Waals surface area contributed by atoms with Crippen LogP contribution in [0.1, 0.15) is 25.7 Å². The highest BCUT2D eigenvalue weighted by Gasteiger charge is 2.29. The fraction of sp³-hybridized carbons (Fsp3) is 0.562. The number of carbonyl (C=O) groups is 1. The molecule has 4 heteroatoms. The third kappa shape index (κ3) is 4.23. The molecule has 1 aliphatic rings. The first-order valence-corrected chi connectivity index (χ1v) is 7.35. The van der Waals surface area contributed by atoms with Gasteiger partial charge in [0.2, 0.25) is 5.91 Å². The lowest BCUT2D eigenvalue weighted by Crippen LogP contribution is -2.33. The first-order valence-electron chi connectivity index (χ1n) is 7.35. The zero-order valence-corrected chi connectivity index (χ0v) is 12.1. The summed E-state index contributed by atoms with van der Waals surface area (Å²) >= 11 is 0. The molecule has 1 aliphatic carbocycles. The van der Waals surface area contributed by atoms with Crippen LogP contribution in [0.4, 0.5) is 0 Å². The van der Waals surface area contributed by atoms with E-state index in [0.717, 1.165) is 38.0 Å². The largest absolute Gasteiger partial charge is 0.494 e. The van der Waals surface area contributed by atoms with Crippen LogP contribution in [0.2, 0.25) is 0 Å². The Hall–Kier alpha value is -1.55. The minimum atomic E-state index is 0.130. The maximum atomic E-state index is 12.2. The van der Waals surface area contributed by atoms with E-state index in [-0.39, 0.29) is 17.9 Å². The molecule has 0 bridgehead atoms. The van der Waals surface area contributed by atoms with Crippen LogP contribution < -0.4 is 10.5 Å². The van der Waals surface area contributed by atoms with Gasteiger partial charge in [-0.25, -0.2) is 0 Å². The van der Waals surface area contributed by atoms with Crippen molar-refractivity contribution in [3.05, 3.63) is 30.3 Å². The number of rotatable bonds is 6. The Morgan fingerprint density at radius 3 is 2.75 bits per heavy atom. The lowest BCUT2D eigenvalue weighted by molar-refractivity contribution is -0.134. The molecule has 1 aromatic carbocycles. The number of benzene rings is 1. The van der Waals surface area contributed by atoms with Crippen molar-refractivity contribution >= 4 is 5.91 Å². The van der Waals surface area contributed by atoms with Crippen molar-refractivity contribution in [1.82, 2.24) is 4.90 Å². The Labute approximate surface area is 120 Å². The summed E-state index contributed by atoms with van der Waals surface area (Å²) in [6.07, 6.45) is 3.59. The van der Waals surface area contributed by atoms with Crippen LogP contribution in [0.25, 0.3) is 0 Å². The summed E-state index contributed by atoms with van der Waals surface area (Å²) in [7, 11) is 1.87. The molecule has 2 atom stereocenters. The topological polar surface area (TPSA) is 55.6 Å². The Balaban J connectivity index is 1.65. The highest BCUT2D eigenvalue weighted by atomic mass is 16.5. The maximum Gasteiger partial charge on any atom is 0.225 e. The maximum absolute atomic E-state index is 12.2. The van der Waals surface area contributed by atoms with E-state index in [1.54, 1.807) is 0 Å². The molecule has 0 heterocycles. The van der Waals surface area contributed by atoms with Crippen molar-refractivity contribution < 1.29 is 9.53 Å². The Morgan fingerprint density at radius 2 is 2.10 bits per heavy atom. The molecular formula is C16H24N2O2. The molecule has 2 rings (SSSR count). The van der Waals surface area contributed by atoms with Gasteiger partial charge in [-0.3, -0.25) is 4.79 Å². The van der Waals surface area contributed by atoms with Gasteiger partial charge in [-0.15, -0.1) is 0 Å². The number of carbonyl (C=O) groups excluding carboxylic acids is 1. The lowest BCUT2D eigenvalue weighted by Gasteiger charge is -2.21. The van der Waals surface area contributed by atoms with Crippen LogP contribution in [0.15, 0.2) is 30.3 Å². The van der Waals surface area contributed by atoms with Crippen LogP contribution in [-0.2, 0) is 4.79 Å². The molecule has 0 unspecified atom stereocenters. The molecule has 1 amide bonds. The van der Waals surface area contributed by atoms with Crippen molar-refractivity contribution in [2.45, 2.75) is 31.7 Å². The van der Waals surface area contributed by atoms with Gasteiger partial charge < -0.3 is 15.4 Å². The summed E-state index contributed by atoms with van der Waals surface area (Å²) in [4.78, 5) is 14.0. The van der Waals surface area contributed by atoms with E-state index in [1.807, 2.05) is 42.3 Å². The van der Waals surface area contributed by atoms with Gasteiger partial charge >= 0.3 is 0 Å². The van der Waals surface area contributed by atoms with Crippen LogP contribution >= 0.6 is 0 Å². The van der Waals surface area contributed by atoms with Gasteiger partial charge in [0.1, 0.15) is 5.75 Å². The normalized spacial score (nSPS) is 21.7. The minimum absolute atomic E-state index is 0.130. The molecule has 2 N–H and O–H groups in total. The van der Waals surface area contributed by atoms with E-state index < -0.39 is 0 Å². The van der Waals surface area contributed by atoms with Gasteiger partial charge in [0.05, 0.1) is 6.61 Å². The second-order valence-electron chi connectivity index (χ2n) is 5.54. The molecule has 4 nitrogen and oxygen atoms in total. The highest BCUT2D eigenvalue weighted by Crippen LogP contribution is 2.25. The number of ether oxygens (including phenoxy) is 1. The first-order chi connectivity index (χ1) is 9.66. The van der Waals surface area contributed by atoms with Crippen molar-refractivity contribution in [3.63, 3.8) is 0 Å². The fourth-order valence-electron chi connectivity index (χ4n) is 2.67. The SMILES string of the molecule is CN(CCCOc1ccccc1)C(=O)[C@@H]1CC[C@@H](N)C1. The third-order valence-electron chi connectivity index (χ3n) is 3.85. The Bertz CT molecular complexity index is 422. The van der Waals surface area contributed by atoms with Crippen molar-refractivity contribution in [3.8, 4) is 5.75 Å². The summed E-state index contributed by atoms with van der Waals surface area (Å²) in [6.45, 7) is 1.36. The second-order valence-corrected chi connectivity index (χ2v) is 5.54. The predicted octanol–water partition coefficient (Wildman–Crippen LogP) is 2.04. The van der Waals surface area contributed by atoms with E-state index in [2.05, 4.69) is 0 Å². The molecule has 110 valence electrons. The van der Waals surface area contributed by atoms with Gasteiger partial charge in [0.25, 0.3) is 0 Å². The standard InChI is InChI=1S/C16H24N2O2/c1-18(16(19)13-8-9-14(17)12-13)10-5-11-20-15-6-3-2-4-7-15/h2-4,6-7,13-14H,5,8-12,17H2,1H3/t13-,14-/m1/s1. The Morgan fingerprint density at radius 1 is 1.35 bits per heavy atom. The van der Waals surface area contributed by atoms with Gasteiger partial charge in [0, 0.05) is 25.6 Å². The van der Waals surface area contributed by atoms with Crippen LogP contribution in [-0.4, -0.2) is 37.0 Å². The number of nitrogens with zero attached hydrogens (tertiary/aromatic N) is 1. The molecule has 0 aliphatic heterocycles. The number of hydrogen-bond donors (Lipinski definition) is 1. The quantitative estimate of drug-likeness (QED) is 0.809. The first kappa shape index (κ1) is 14.9. The molecular weight excluding hydrogens is 252 g/mol. The average Bonchev–Trinajstić information content (AvgIpc) is 2.90. The van der Waals surface area contributed by atoms with Crippen molar-refractivity contribution in [2.24, 2.45) is 11.7 Å². The number of hydrogen-bond acceptors (Lipinski definition) is 3. The number of amides is 1. The summed E-state index contributed by atoms with van der Waals surface area (Å²) in [5, 5.41) is 0. The second kappa shape index (κ2) is 7.29. The summed E-state index contributed by atoms with van der Waals surface area (Å²) < 4.78 is 5.62. The predicted molar refractivity (Wildman–Crippen MR) is 79.5 cm³/mol. The molecule has 0 aromatic heterocycles. The van der Waals surface area contributed by atoms with Crippen LogP contribution in [0.3, 0.4) is 0 Å². The number of para-hydroxylation sites is 1. The smallest absolute Gasteiger partial charge is 0.225 e. The fourth-order valence-corrected chi connectivity index (χ4v) is 2.67. The average molecular weight is 276 g/mol. The number of nitrogens with two attached hydrogens (primary N) is 1.